The average molecular weight is 421 g/mol. The molecule has 0 aliphatic rings. The number of ether oxygens (including phenoxy) is 2. The molecular formula is C19H21FN4O2S2. The molecule has 9 heteroatoms. The van der Waals surface area contributed by atoms with Gasteiger partial charge in [-0.05, 0) is 42.3 Å². The first-order valence-corrected chi connectivity index (χ1v) is 10.3. The van der Waals surface area contributed by atoms with Gasteiger partial charge in [0.05, 0.1) is 7.11 Å². The van der Waals surface area contributed by atoms with Gasteiger partial charge in [-0.2, -0.15) is 0 Å². The highest BCUT2D eigenvalue weighted by molar-refractivity contribution is 7.98. The fourth-order valence-electron chi connectivity index (χ4n) is 2.56. The monoisotopic (exact) mass is 420 g/mol. The molecule has 0 bridgehead atoms. The maximum atomic E-state index is 12.4. The quantitative estimate of drug-likeness (QED) is 0.414. The second kappa shape index (κ2) is 9.11. The number of nitrogens with two attached hydrogens (primary N) is 2. The van der Waals surface area contributed by atoms with E-state index in [0.29, 0.717) is 34.0 Å². The first-order valence-electron chi connectivity index (χ1n) is 8.49. The van der Waals surface area contributed by atoms with Crippen molar-refractivity contribution in [3.05, 3.63) is 40.8 Å². The van der Waals surface area contributed by atoms with Crippen molar-refractivity contribution in [1.82, 2.24) is 9.97 Å². The molecule has 1 aromatic carbocycles. The third kappa shape index (κ3) is 4.85. The molecule has 0 spiro atoms. The van der Waals surface area contributed by atoms with E-state index in [4.69, 9.17) is 20.9 Å². The fourth-order valence-corrected chi connectivity index (χ4v) is 4.62. The lowest BCUT2D eigenvalue weighted by Crippen LogP contribution is -2.00. The first-order chi connectivity index (χ1) is 13.5. The third-order valence-electron chi connectivity index (χ3n) is 3.91. The van der Waals surface area contributed by atoms with Crippen LogP contribution in [0.5, 0.6) is 11.5 Å². The van der Waals surface area contributed by atoms with Crippen LogP contribution in [0.15, 0.2) is 35.5 Å². The van der Waals surface area contributed by atoms with Gasteiger partial charge in [-0.25, -0.2) is 14.4 Å². The number of halogens is 1. The number of nitrogen functional groups attached to an aromatic ring is 2. The van der Waals surface area contributed by atoms with Crippen LogP contribution in [-0.4, -0.2) is 30.4 Å². The molecule has 3 aromatic rings. The average Bonchev–Trinajstić information content (AvgIpc) is 3.04. The highest BCUT2D eigenvalue weighted by Gasteiger charge is 2.12. The number of nitrogens with zero attached hydrogens (tertiary/aromatic N) is 2. The Morgan fingerprint density at radius 1 is 1.11 bits per heavy atom. The largest absolute Gasteiger partial charge is 0.493 e. The van der Waals surface area contributed by atoms with E-state index >= 15 is 0 Å². The molecule has 0 amide bonds. The van der Waals surface area contributed by atoms with E-state index < -0.39 is 6.67 Å². The summed E-state index contributed by atoms with van der Waals surface area (Å²) in [4.78, 5) is 10.7. The van der Waals surface area contributed by atoms with E-state index in [0.717, 1.165) is 10.4 Å². The number of methoxy groups -OCH3 is 1. The Balaban J connectivity index is 1.77. The van der Waals surface area contributed by atoms with Gasteiger partial charge in [-0.1, -0.05) is 11.8 Å². The number of thioether (sulfide) groups is 1. The number of anilines is 2. The van der Waals surface area contributed by atoms with E-state index in [1.54, 1.807) is 24.5 Å². The Kier molecular flexibility index (Phi) is 6.58. The van der Waals surface area contributed by atoms with Gasteiger partial charge >= 0.3 is 0 Å². The Labute approximate surface area is 171 Å². The van der Waals surface area contributed by atoms with E-state index in [1.165, 1.54) is 28.3 Å². The molecule has 0 saturated carbocycles. The van der Waals surface area contributed by atoms with Crippen LogP contribution in [0.3, 0.4) is 0 Å². The lowest BCUT2D eigenvalue weighted by Gasteiger charge is -2.10. The maximum absolute atomic E-state index is 12.4. The van der Waals surface area contributed by atoms with Gasteiger partial charge in [-0.15, -0.1) is 11.3 Å². The minimum atomic E-state index is -0.543. The highest BCUT2D eigenvalue weighted by atomic mass is 32.2. The predicted octanol–water partition coefficient (Wildman–Crippen LogP) is 4.33. The lowest BCUT2D eigenvalue weighted by molar-refractivity contribution is 0.260. The van der Waals surface area contributed by atoms with E-state index in [9.17, 15) is 4.39 Å². The van der Waals surface area contributed by atoms with Crippen LogP contribution in [-0.2, 0) is 5.75 Å². The zero-order valence-corrected chi connectivity index (χ0v) is 17.2. The first kappa shape index (κ1) is 20.2. The van der Waals surface area contributed by atoms with Gasteiger partial charge in [0.25, 0.3) is 0 Å². The summed E-state index contributed by atoms with van der Waals surface area (Å²) >= 11 is 3.18. The standard InChI is InChI=1S/C19H21FN4O2S2/c1-11-13(10-27-19-23-17(21)9-18(22)24-19)8-16(28-11)12-3-4-14(26-6-5-20)15(7-12)25-2/h3-4,7-9H,5-6,10H2,1-2H3,(H4,21,22,23,24). The smallest absolute Gasteiger partial charge is 0.191 e. The molecule has 0 unspecified atom stereocenters. The molecule has 2 aromatic heterocycles. The van der Waals surface area contributed by atoms with Crippen LogP contribution in [0.4, 0.5) is 16.0 Å². The van der Waals surface area contributed by atoms with Gasteiger partial charge in [0.15, 0.2) is 16.7 Å². The number of thiophene rings is 1. The van der Waals surface area contributed by atoms with Gasteiger partial charge in [0.2, 0.25) is 0 Å². The minimum Gasteiger partial charge on any atom is -0.493 e. The number of hydrogen-bond donors (Lipinski definition) is 2. The summed E-state index contributed by atoms with van der Waals surface area (Å²) in [7, 11) is 1.57. The summed E-state index contributed by atoms with van der Waals surface area (Å²) in [6.07, 6.45) is 0. The number of benzene rings is 1. The van der Waals surface area contributed by atoms with Crippen molar-refractivity contribution >= 4 is 34.7 Å². The zero-order valence-electron chi connectivity index (χ0n) is 15.6. The van der Waals surface area contributed by atoms with E-state index in [1.807, 2.05) is 12.1 Å². The van der Waals surface area contributed by atoms with Crippen molar-refractivity contribution < 1.29 is 13.9 Å². The second-order valence-corrected chi connectivity index (χ2v) is 8.08. The lowest BCUT2D eigenvalue weighted by atomic mass is 10.1. The van der Waals surface area contributed by atoms with Gasteiger partial charge in [0.1, 0.15) is 24.9 Å². The van der Waals surface area contributed by atoms with Crippen molar-refractivity contribution in [2.45, 2.75) is 17.8 Å². The summed E-state index contributed by atoms with van der Waals surface area (Å²) < 4.78 is 23.1. The molecule has 28 heavy (non-hydrogen) atoms. The van der Waals surface area contributed by atoms with Gasteiger partial charge in [0, 0.05) is 21.6 Å². The maximum Gasteiger partial charge on any atom is 0.191 e. The molecule has 0 fully saturated rings. The number of aromatic nitrogens is 2. The van der Waals surface area contributed by atoms with Gasteiger partial charge in [-0.3, -0.25) is 0 Å². The Morgan fingerprint density at radius 3 is 2.54 bits per heavy atom. The van der Waals surface area contributed by atoms with Crippen LogP contribution in [0, 0.1) is 6.92 Å². The van der Waals surface area contributed by atoms with E-state index in [2.05, 4.69) is 23.0 Å². The molecule has 6 nitrogen and oxygen atoms in total. The van der Waals surface area contributed by atoms with E-state index in [-0.39, 0.29) is 6.61 Å². The molecule has 148 valence electrons. The number of rotatable bonds is 8. The van der Waals surface area contributed by atoms with Crippen LogP contribution in [0.1, 0.15) is 10.4 Å². The Morgan fingerprint density at radius 2 is 1.86 bits per heavy atom. The summed E-state index contributed by atoms with van der Waals surface area (Å²) in [5.41, 5.74) is 13.6. The molecule has 4 N–H and O–H groups in total. The molecule has 0 aliphatic carbocycles. The van der Waals surface area contributed by atoms with Crippen LogP contribution in [0.25, 0.3) is 10.4 Å². The van der Waals surface area contributed by atoms with Gasteiger partial charge < -0.3 is 20.9 Å². The van der Waals surface area contributed by atoms with Crippen molar-refractivity contribution in [2.75, 3.05) is 31.9 Å². The summed E-state index contributed by atoms with van der Waals surface area (Å²) in [5, 5.41) is 0.556. The molecular weight excluding hydrogens is 399 g/mol. The normalized spacial score (nSPS) is 10.8. The van der Waals surface area contributed by atoms with Crippen LogP contribution < -0.4 is 20.9 Å². The van der Waals surface area contributed by atoms with Crippen LogP contribution in [0.2, 0.25) is 0 Å². The molecule has 0 atom stereocenters. The summed E-state index contributed by atoms with van der Waals surface area (Å²) in [6, 6.07) is 9.32. The fraction of sp³-hybridized carbons (Fsp3) is 0.263. The second-order valence-electron chi connectivity index (χ2n) is 5.88. The van der Waals surface area contributed by atoms with Crippen molar-refractivity contribution in [2.24, 2.45) is 0 Å². The van der Waals surface area contributed by atoms with Crippen molar-refractivity contribution in [3.8, 4) is 21.9 Å². The van der Waals surface area contributed by atoms with Crippen molar-refractivity contribution in [3.63, 3.8) is 0 Å². The zero-order chi connectivity index (χ0) is 20.1. The molecule has 0 aliphatic heterocycles. The number of alkyl halides is 1. The molecule has 0 radical (unpaired) electrons. The third-order valence-corrected chi connectivity index (χ3v) is 5.94. The Hall–Kier alpha value is -2.52. The number of hydrogen-bond acceptors (Lipinski definition) is 8. The van der Waals surface area contributed by atoms with Crippen molar-refractivity contribution in [1.29, 1.82) is 0 Å². The summed E-state index contributed by atoms with van der Waals surface area (Å²) in [5.74, 6) is 2.54. The Bertz CT molecular complexity index is 945. The molecule has 0 saturated heterocycles. The number of aryl methyl sites for hydroxylation is 1. The molecule has 2 heterocycles. The predicted molar refractivity (Wildman–Crippen MR) is 113 cm³/mol. The topological polar surface area (TPSA) is 96.3 Å². The SMILES string of the molecule is COc1cc(-c2cc(CSc3nc(N)cc(N)n3)c(C)s2)ccc1OCCF. The van der Waals surface area contributed by atoms with Crippen LogP contribution >= 0.6 is 23.1 Å². The summed E-state index contributed by atoms with van der Waals surface area (Å²) in [6.45, 7) is 1.54. The minimum absolute atomic E-state index is 0.00573. The molecule has 3 rings (SSSR count). The highest BCUT2D eigenvalue weighted by Crippen LogP contribution is 2.38.